The van der Waals surface area contributed by atoms with E-state index in [1.165, 1.54) is 0 Å². The van der Waals surface area contributed by atoms with Crippen molar-refractivity contribution in [1.82, 2.24) is 14.9 Å². The Balaban J connectivity index is 1.64. The van der Waals surface area contributed by atoms with E-state index in [0.717, 1.165) is 29.7 Å². The number of carbonyl (C=O) groups is 2. The number of hydrogen-bond donors (Lipinski definition) is 2. The molecule has 0 bridgehead atoms. The van der Waals surface area contributed by atoms with E-state index in [9.17, 15) is 9.59 Å². The van der Waals surface area contributed by atoms with E-state index in [-0.39, 0.29) is 11.8 Å². The van der Waals surface area contributed by atoms with Crippen LogP contribution in [0.3, 0.4) is 0 Å². The van der Waals surface area contributed by atoms with E-state index in [1.807, 2.05) is 35.9 Å². The average molecular weight is 315 g/mol. The summed E-state index contributed by atoms with van der Waals surface area (Å²) in [4.78, 5) is 28.0. The Morgan fingerprint density at radius 1 is 1.30 bits per heavy atom. The molecule has 1 aliphatic rings. The summed E-state index contributed by atoms with van der Waals surface area (Å²) in [6.45, 7) is 0.359. The van der Waals surface area contributed by atoms with Gasteiger partial charge in [0, 0.05) is 13.0 Å². The van der Waals surface area contributed by atoms with E-state index < -0.39 is 11.9 Å². The Kier molecular flexibility index (Phi) is 4.32. The Hall–Kier alpha value is -2.37. The van der Waals surface area contributed by atoms with Crippen LogP contribution in [0, 0.1) is 11.8 Å². The van der Waals surface area contributed by atoms with Gasteiger partial charge >= 0.3 is 5.97 Å². The molecule has 1 aromatic heterocycles. The molecule has 2 aromatic rings. The first-order valence-corrected chi connectivity index (χ1v) is 7.97. The van der Waals surface area contributed by atoms with Crippen molar-refractivity contribution in [3.05, 3.63) is 30.1 Å². The highest BCUT2D eigenvalue weighted by molar-refractivity contribution is 5.80. The predicted octanol–water partition coefficient (Wildman–Crippen LogP) is 2.08. The van der Waals surface area contributed by atoms with Gasteiger partial charge in [-0.2, -0.15) is 0 Å². The minimum atomic E-state index is -0.794. The summed E-state index contributed by atoms with van der Waals surface area (Å²) in [7, 11) is 1.93. The van der Waals surface area contributed by atoms with Gasteiger partial charge in [-0.25, -0.2) is 4.98 Å². The number of fused-ring (bicyclic) bond motifs is 1. The smallest absolute Gasteiger partial charge is 0.306 e. The number of rotatable bonds is 4. The Morgan fingerprint density at radius 3 is 2.78 bits per heavy atom. The molecule has 122 valence electrons. The molecule has 23 heavy (non-hydrogen) atoms. The first kappa shape index (κ1) is 15.5. The highest BCUT2D eigenvalue weighted by atomic mass is 16.4. The monoisotopic (exact) mass is 315 g/mol. The molecule has 6 nitrogen and oxygen atoms in total. The van der Waals surface area contributed by atoms with Crippen LogP contribution in [0.1, 0.15) is 31.5 Å². The van der Waals surface area contributed by atoms with Gasteiger partial charge in [-0.1, -0.05) is 18.6 Å². The number of aryl methyl sites for hydroxylation is 1. The summed E-state index contributed by atoms with van der Waals surface area (Å²) in [5, 5.41) is 12.0. The summed E-state index contributed by atoms with van der Waals surface area (Å²) >= 11 is 0. The molecule has 1 saturated carbocycles. The second kappa shape index (κ2) is 6.40. The Morgan fingerprint density at radius 2 is 2.04 bits per heavy atom. The lowest BCUT2D eigenvalue weighted by molar-refractivity contribution is -0.144. The van der Waals surface area contributed by atoms with Crippen LogP contribution in [0.25, 0.3) is 11.0 Å². The zero-order valence-corrected chi connectivity index (χ0v) is 13.2. The maximum absolute atomic E-state index is 12.3. The highest BCUT2D eigenvalue weighted by Crippen LogP contribution is 2.29. The first-order chi connectivity index (χ1) is 11.1. The van der Waals surface area contributed by atoms with Crippen LogP contribution in [0.15, 0.2) is 24.3 Å². The fourth-order valence-electron chi connectivity index (χ4n) is 3.32. The maximum atomic E-state index is 12.3. The van der Waals surface area contributed by atoms with Crippen LogP contribution in [0.4, 0.5) is 0 Å². The number of amides is 1. The third-order valence-electron chi connectivity index (χ3n) is 4.69. The number of imidazole rings is 1. The normalized spacial score (nSPS) is 21.3. The van der Waals surface area contributed by atoms with Gasteiger partial charge in [0.1, 0.15) is 5.82 Å². The van der Waals surface area contributed by atoms with E-state index in [0.29, 0.717) is 19.4 Å². The number of aromatic nitrogens is 2. The fourth-order valence-corrected chi connectivity index (χ4v) is 3.32. The summed E-state index contributed by atoms with van der Waals surface area (Å²) in [5.41, 5.74) is 1.93. The van der Waals surface area contributed by atoms with Gasteiger partial charge in [0.25, 0.3) is 0 Å². The van der Waals surface area contributed by atoms with Crippen LogP contribution < -0.4 is 5.32 Å². The van der Waals surface area contributed by atoms with Gasteiger partial charge in [-0.15, -0.1) is 0 Å². The number of para-hydroxylation sites is 2. The van der Waals surface area contributed by atoms with Crippen LogP contribution in [-0.2, 0) is 23.2 Å². The molecule has 0 saturated heterocycles. The molecule has 2 unspecified atom stereocenters. The molecule has 1 amide bonds. The summed E-state index contributed by atoms with van der Waals surface area (Å²) in [6.07, 6.45) is 2.66. The molecule has 1 heterocycles. The summed E-state index contributed by atoms with van der Waals surface area (Å²) in [6, 6.07) is 7.83. The van der Waals surface area contributed by atoms with Crippen molar-refractivity contribution in [2.45, 2.75) is 32.2 Å². The number of benzene rings is 1. The maximum Gasteiger partial charge on any atom is 0.306 e. The molecule has 0 radical (unpaired) electrons. The topological polar surface area (TPSA) is 84.2 Å². The molecule has 1 fully saturated rings. The lowest BCUT2D eigenvalue weighted by Crippen LogP contribution is -2.35. The van der Waals surface area contributed by atoms with Crippen molar-refractivity contribution in [1.29, 1.82) is 0 Å². The fraction of sp³-hybridized carbons (Fsp3) is 0.471. The molecule has 2 atom stereocenters. The van der Waals surface area contributed by atoms with E-state index in [1.54, 1.807) is 0 Å². The molecular formula is C17H21N3O3. The number of carboxylic acids is 1. The van der Waals surface area contributed by atoms with Crippen molar-refractivity contribution in [3.63, 3.8) is 0 Å². The number of nitrogens with one attached hydrogen (secondary N) is 1. The van der Waals surface area contributed by atoms with E-state index >= 15 is 0 Å². The van der Waals surface area contributed by atoms with Gasteiger partial charge in [0.05, 0.1) is 23.5 Å². The number of hydrogen-bond acceptors (Lipinski definition) is 3. The largest absolute Gasteiger partial charge is 0.481 e. The summed E-state index contributed by atoms with van der Waals surface area (Å²) < 4.78 is 1.97. The zero-order chi connectivity index (χ0) is 16.4. The second-order valence-electron chi connectivity index (χ2n) is 6.19. The predicted molar refractivity (Wildman–Crippen MR) is 85.6 cm³/mol. The third-order valence-corrected chi connectivity index (χ3v) is 4.69. The average Bonchev–Trinajstić information content (AvgIpc) is 2.89. The van der Waals surface area contributed by atoms with Gasteiger partial charge in [0.15, 0.2) is 0 Å². The number of aliphatic carboxylic acids is 1. The minimum absolute atomic E-state index is 0.0667. The van der Waals surface area contributed by atoms with Crippen LogP contribution >= 0.6 is 0 Å². The molecule has 1 aromatic carbocycles. The Bertz CT molecular complexity index is 738. The van der Waals surface area contributed by atoms with Gasteiger partial charge in [0.2, 0.25) is 5.91 Å². The highest BCUT2D eigenvalue weighted by Gasteiger charge is 2.30. The quantitative estimate of drug-likeness (QED) is 0.904. The first-order valence-electron chi connectivity index (χ1n) is 7.97. The van der Waals surface area contributed by atoms with Crippen LogP contribution in [0.2, 0.25) is 0 Å². The van der Waals surface area contributed by atoms with E-state index in [4.69, 9.17) is 5.11 Å². The van der Waals surface area contributed by atoms with E-state index in [2.05, 4.69) is 10.3 Å². The molecular weight excluding hydrogens is 294 g/mol. The number of carboxylic acid groups (broad SMARTS) is 1. The standard InChI is InChI=1S/C17H21N3O3/c1-20-14-8-3-2-7-13(14)19-15(20)10-18-16(21)11-5-4-6-12(9-11)17(22)23/h2-3,7-8,11-12H,4-6,9-10H2,1H3,(H,18,21)(H,22,23). The lowest BCUT2D eigenvalue weighted by atomic mass is 9.81. The van der Waals surface area contributed by atoms with Crippen molar-refractivity contribution < 1.29 is 14.7 Å². The molecule has 6 heteroatoms. The molecule has 3 rings (SSSR count). The number of nitrogens with zero attached hydrogens (tertiary/aromatic N) is 2. The zero-order valence-electron chi connectivity index (χ0n) is 13.2. The van der Waals surface area contributed by atoms with Gasteiger partial charge < -0.3 is 15.0 Å². The van der Waals surface area contributed by atoms with Gasteiger partial charge in [-0.05, 0) is 31.4 Å². The van der Waals surface area contributed by atoms with Crippen molar-refractivity contribution in [2.75, 3.05) is 0 Å². The third kappa shape index (κ3) is 3.21. The number of carbonyl (C=O) groups excluding carboxylic acids is 1. The summed E-state index contributed by atoms with van der Waals surface area (Å²) in [5.74, 6) is -0.666. The molecule has 0 spiro atoms. The minimum Gasteiger partial charge on any atom is -0.481 e. The molecule has 0 aliphatic heterocycles. The van der Waals surface area contributed by atoms with Crippen molar-refractivity contribution >= 4 is 22.9 Å². The molecule has 1 aliphatic carbocycles. The molecule has 2 N–H and O–H groups in total. The van der Waals surface area contributed by atoms with Gasteiger partial charge in [-0.3, -0.25) is 9.59 Å². The van der Waals surface area contributed by atoms with Crippen LogP contribution in [0.5, 0.6) is 0 Å². The lowest BCUT2D eigenvalue weighted by Gasteiger charge is -2.25. The van der Waals surface area contributed by atoms with Crippen molar-refractivity contribution in [2.24, 2.45) is 18.9 Å². The van der Waals surface area contributed by atoms with Crippen molar-refractivity contribution in [3.8, 4) is 0 Å². The Labute approximate surface area is 134 Å². The van der Waals surface area contributed by atoms with Crippen LogP contribution in [-0.4, -0.2) is 26.5 Å². The SMILES string of the molecule is Cn1c(CNC(=O)C2CCCC(C(=O)O)C2)nc2ccccc21. The second-order valence-corrected chi connectivity index (χ2v) is 6.19.